The molecule has 0 saturated carbocycles. The van der Waals surface area contributed by atoms with E-state index in [1.165, 1.54) is 44.2 Å². The van der Waals surface area contributed by atoms with E-state index in [1.807, 2.05) is 30.3 Å². The Balaban J connectivity index is 1.19. The fourth-order valence-electron chi connectivity index (χ4n) is 6.08. The van der Waals surface area contributed by atoms with Crippen LogP contribution < -0.4 is 0 Å². The number of sulfonamides is 1. The molecule has 0 spiro atoms. The third-order valence-corrected chi connectivity index (χ3v) is 10.9. The van der Waals surface area contributed by atoms with Crippen LogP contribution in [-0.2, 0) is 38.7 Å². The van der Waals surface area contributed by atoms with Crippen LogP contribution in [0.3, 0.4) is 0 Å². The highest BCUT2D eigenvalue weighted by molar-refractivity contribution is 7.89. The minimum absolute atomic E-state index is 0.0602. The highest BCUT2D eigenvalue weighted by Gasteiger charge is 2.51. The summed E-state index contributed by atoms with van der Waals surface area (Å²) in [6, 6.07) is 18.5. The smallest absolute Gasteiger partial charge is 0.321 e. The van der Waals surface area contributed by atoms with Crippen LogP contribution in [0.2, 0.25) is 0 Å². The first-order chi connectivity index (χ1) is 23.3. The van der Waals surface area contributed by atoms with E-state index in [9.17, 15) is 32.4 Å². The number of rotatable bonds is 10. The van der Waals surface area contributed by atoms with E-state index in [4.69, 9.17) is 9.47 Å². The van der Waals surface area contributed by atoms with Crippen molar-refractivity contribution < 1.29 is 41.9 Å². The summed E-state index contributed by atoms with van der Waals surface area (Å²) in [7, 11) is -4.25. The molecule has 2 fully saturated rings. The zero-order valence-corrected chi connectivity index (χ0v) is 28.2. The molecule has 5 rings (SSSR count). The number of imide groups is 1. The molecular formula is C37H38N2O9S. The molecule has 12 heteroatoms. The van der Waals surface area contributed by atoms with Crippen LogP contribution in [0.4, 0.5) is 0 Å². The molecule has 0 aromatic heterocycles. The summed E-state index contributed by atoms with van der Waals surface area (Å²) in [6.45, 7) is 6.24. The van der Waals surface area contributed by atoms with Gasteiger partial charge < -0.3 is 9.47 Å². The van der Waals surface area contributed by atoms with Gasteiger partial charge in [-0.25, -0.2) is 12.7 Å². The van der Waals surface area contributed by atoms with Crippen molar-refractivity contribution in [2.24, 2.45) is 10.8 Å². The Morgan fingerprint density at radius 3 is 2.10 bits per heavy atom. The Kier molecular flexibility index (Phi) is 10.2. The van der Waals surface area contributed by atoms with Crippen LogP contribution in [0.1, 0.15) is 55.5 Å². The molecule has 2 aliphatic heterocycles. The molecule has 3 amide bonds. The highest BCUT2D eigenvalue weighted by Crippen LogP contribution is 2.36. The number of esters is 2. The molecule has 2 unspecified atom stereocenters. The van der Waals surface area contributed by atoms with Crippen molar-refractivity contribution in [2.75, 3.05) is 26.3 Å². The zero-order valence-electron chi connectivity index (χ0n) is 27.4. The van der Waals surface area contributed by atoms with Crippen LogP contribution in [0, 0.1) is 10.8 Å². The van der Waals surface area contributed by atoms with Gasteiger partial charge in [0.15, 0.2) is 0 Å². The van der Waals surface area contributed by atoms with Crippen molar-refractivity contribution in [1.82, 2.24) is 9.21 Å². The molecule has 0 aliphatic carbocycles. The van der Waals surface area contributed by atoms with Crippen molar-refractivity contribution in [3.05, 3.63) is 96.6 Å². The molecule has 256 valence electrons. The largest absolute Gasteiger partial charge is 0.461 e. The maximum atomic E-state index is 13.5. The lowest BCUT2D eigenvalue weighted by atomic mass is 9.80. The number of piperidine rings is 2. The van der Waals surface area contributed by atoms with Gasteiger partial charge in [0.2, 0.25) is 5.91 Å². The summed E-state index contributed by atoms with van der Waals surface area (Å²) >= 11 is 0. The average Bonchev–Trinajstić information content (AvgIpc) is 3.10. The Hall–Kier alpha value is -5.10. The van der Waals surface area contributed by atoms with Crippen molar-refractivity contribution in [3.8, 4) is 0 Å². The van der Waals surface area contributed by atoms with Crippen LogP contribution in [-0.4, -0.2) is 73.6 Å². The lowest BCUT2D eigenvalue weighted by molar-refractivity contribution is -0.166. The SMILES string of the molecule is C=CCOC(=O)C1(C)CCCN(S(=O)(=O)c2ccc(/C=C/COC(=O)C3(C)CCCN(C(=O)c4ccc5ccccc5c4)C3=O)cc2)C1=O. The number of nitrogens with zero attached hydrogens (tertiary/aromatic N) is 2. The number of benzene rings is 3. The second kappa shape index (κ2) is 14.2. The fraction of sp³-hybridized carbons (Fsp3) is 0.324. The fourth-order valence-corrected chi connectivity index (χ4v) is 7.60. The van der Waals surface area contributed by atoms with E-state index in [1.54, 1.807) is 24.3 Å². The van der Waals surface area contributed by atoms with Crippen LogP contribution in [0.5, 0.6) is 0 Å². The molecule has 2 saturated heterocycles. The maximum Gasteiger partial charge on any atom is 0.321 e. The number of hydrogen-bond donors (Lipinski definition) is 0. The lowest BCUT2D eigenvalue weighted by Crippen LogP contribution is -2.53. The quantitative estimate of drug-likeness (QED) is 0.126. The minimum atomic E-state index is -4.25. The maximum absolute atomic E-state index is 13.5. The van der Waals surface area contributed by atoms with E-state index >= 15 is 0 Å². The number of hydrogen-bond acceptors (Lipinski definition) is 9. The summed E-state index contributed by atoms with van der Waals surface area (Å²) in [5.41, 5.74) is -2.21. The second-order valence-corrected chi connectivity index (χ2v) is 14.4. The second-order valence-electron chi connectivity index (χ2n) is 12.5. The van der Waals surface area contributed by atoms with Gasteiger partial charge in [0.25, 0.3) is 21.8 Å². The Labute approximate surface area is 285 Å². The van der Waals surface area contributed by atoms with Crippen LogP contribution in [0.25, 0.3) is 16.8 Å². The van der Waals surface area contributed by atoms with Gasteiger partial charge in [-0.2, -0.15) is 0 Å². The number of amides is 3. The van der Waals surface area contributed by atoms with E-state index in [-0.39, 0.29) is 44.0 Å². The summed E-state index contributed by atoms with van der Waals surface area (Å²) in [4.78, 5) is 66.7. The Morgan fingerprint density at radius 2 is 1.43 bits per heavy atom. The Bertz CT molecular complexity index is 1950. The molecule has 0 bridgehead atoms. The van der Waals surface area contributed by atoms with Gasteiger partial charge in [-0.1, -0.05) is 61.2 Å². The van der Waals surface area contributed by atoms with E-state index in [0.717, 1.165) is 20.0 Å². The molecule has 3 aromatic rings. The normalized spacial score (nSPS) is 21.5. The number of carbonyl (C=O) groups excluding carboxylic acids is 5. The summed E-state index contributed by atoms with van der Waals surface area (Å²) in [5, 5.41) is 1.83. The van der Waals surface area contributed by atoms with Crippen LogP contribution >= 0.6 is 0 Å². The molecule has 2 aliphatic rings. The number of ether oxygens (including phenoxy) is 2. The number of carbonyl (C=O) groups is 5. The van der Waals surface area contributed by atoms with E-state index in [0.29, 0.717) is 24.0 Å². The zero-order chi connectivity index (χ0) is 35.4. The minimum Gasteiger partial charge on any atom is -0.461 e. The van der Waals surface area contributed by atoms with Gasteiger partial charge in [-0.05, 0) is 86.2 Å². The molecule has 0 radical (unpaired) electrons. The number of likely N-dealkylation sites (tertiary alicyclic amines) is 1. The third kappa shape index (κ3) is 6.91. The molecule has 49 heavy (non-hydrogen) atoms. The van der Waals surface area contributed by atoms with Crippen molar-refractivity contribution in [2.45, 2.75) is 44.4 Å². The van der Waals surface area contributed by atoms with Gasteiger partial charge in [0.05, 0.1) is 4.90 Å². The molecule has 0 N–H and O–H groups in total. The summed E-state index contributed by atoms with van der Waals surface area (Å²) < 4.78 is 38.0. The predicted octanol–water partition coefficient (Wildman–Crippen LogP) is 4.91. The summed E-state index contributed by atoms with van der Waals surface area (Å²) in [6.07, 6.45) is 5.67. The van der Waals surface area contributed by atoms with Gasteiger partial charge in [0, 0.05) is 18.7 Å². The average molecular weight is 687 g/mol. The predicted molar refractivity (Wildman–Crippen MR) is 181 cm³/mol. The van der Waals surface area contributed by atoms with Crippen molar-refractivity contribution in [1.29, 1.82) is 0 Å². The van der Waals surface area contributed by atoms with Crippen molar-refractivity contribution >= 4 is 56.5 Å². The monoisotopic (exact) mass is 686 g/mol. The van der Waals surface area contributed by atoms with E-state index in [2.05, 4.69) is 6.58 Å². The first kappa shape index (κ1) is 35.2. The lowest BCUT2D eigenvalue weighted by Gasteiger charge is -2.36. The summed E-state index contributed by atoms with van der Waals surface area (Å²) in [5.74, 6) is -3.46. The molecule has 3 aromatic carbocycles. The molecule has 11 nitrogen and oxygen atoms in total. The van der Waals surface area contributed by atoms with Crippen LogP contribution in [0.15, 0.2) is 90.4 Å². The van der Waals surface area contributed by atoms with Crippen molar-refractivity contribution in [3.63, 3.8) is 0 Å². The molecule has 2 atom stereocenters. The topological polar surface area (TPSA) is 144 Å². The van der Waals surface area contributed by atoms with Gasteiger partial charge in [0.1, 0.15) is 24.0 Å². The third-order valence-electron chi connectivity index (χ3n) is 9.08. The number of fused-ring (bicyclic) bond motifs is 1. The Morgan fingerprint density at radius 1 is 0.816 bits per heavy atom. The highest BCUT2D eigenvalue weighted by atomic mass is 32.2. The standard InChI is InChI=1S/C37H38N2O9S/c1-4-23-47-35(44)37(3)20-9-22-39(33(37)42)49(45,46)30-17-13-26(14-18-30)10-7-24-48-34(43)36(2)19-8-21-38(32(36)41)31(40)29-16-15-27-11-5-6-12-28(27)25-29/h4-7,10-18,25H,1,8-9,19-24H2,2-3H3/b10-7+. The van der Waals surface area contributed by atoms with Gasteiger partial charge >= 0.3 is 11.9 Å². The van der Waals surface area contributed by atoms with Gasteiger partial charge in [-0.15, -0.1) is 0 Å². The first-order valence-corrected chi connectivity index (χ1v) is 17.4. The first-order valence-electron chi connectivity index (χ1n) is 16.0. The van der Waals surface area contributed by atoms with Gasteiger partial charge in [-0.3, -0.25) is 28.9 Å². The van der Waals surface area contributed by atoms with E-state index < -0.39 is 50.5 Å². The molecular weight excluding hydrogens is 648 g/mol. The molecule has 2 heterocycles.